The molecule has 180 valence electrons. The van der Waals surface area contributed by atoms with Gasteiger partial charge in [-0.3, -0.25) is 14.9 Å². The van der Waals surface area contributed by atoms with Crippen LogP contribution in [-0.2, 0) is 23.6 Å². The number of hydrogen-bond acceptors (Lipinski definition) is 8. The summed E-state index contributed by atoms with van der Waals surface area (Å²) >= 11 is 0. The second-order valence-corrected chi connectivity index (χ2v) is 8.00. The van der Waals surface area contributed by atoms with Crippen molar-refractivity contribution < 1.29 is 25.6 Å². The highest BCUT2D eigenvalue weighted by atomic mass is 32.3. The van der Waals surface area contributed by atoms with Gasteiger partial charge in [0, 0.05) is 45.6 Å². The van der Waals surface area contributed by atoms with E-state index in [1.165, 1.54) is 18.2 Å². The summed E-state index contributed by atoms with van der Waals surface area (Å²) in [6.07, 6.45) is 3.32. The summed E-state index contributed by atoms with van der Waals surface area (Å²) in [6, 6.07) is 16.4. The molecule has 2 aromatic heterocycles. The molecule has 0 aliphatic carbocycles. The Kier molecular flexibility index (Phi) is 6.78. The number of aromatic nitrogens is 4. The topological polar surface area (TPSA) is 139 Å². The number of hydrogen-bond donors (Lipinski definition) is 3. The lowest BCUT2D eigenvalue weighted by Gasteiger charge is -2.10. The zero-order valence-electron chi connectivity index (χ0n) is 17.6. The molecule has 2 aromatic carbocycles. The zero-order chi connectivity index (χ0) is 24.0. The smallest absolute Gasteiger partial charge is 0.378 e. The van der Waals surface area contributed by atoms with E-state index in [0.717, 1.165) is 5.56 Å². The molecular formula is C22H25FN6O4S. The molecule has 0 spiro atoms. The quantitative estimate of drug-likeness (QED) is 0.303. The first-order valence-electron chi connectivity index (χ1n) is 10.0. The Balaban J connectivity index is 0.00000228. The summed E-state index contributed by atoms with van der Waals surface area (Å²) in [5.41, 5.74) is 2.20. The van der Waals surface area contributed by atoms with Crippen molar-refractivity contribution in [2.45, 2.75) is 13.1 Å². The lowest BCUT2D eigenvalue weighted by molar-refractivity contribution is 0.0951. The molecule has 1 amide bonds. The summed E-state index contributed by atoms with van der Waals surface area (Å²) in [4.78, 5) is 21.0. The Morgan fingerprint density at radius 3 is 2.65 bits per heavy atom. The standard InChI is InChI=1S/C22H19FN6O4S.3H2/c23-34(31,32)33-19-7-2-1-4-17(19)13-26-22(30)16-5-3-6-18(12-16)25-14-20-27-21(29-28-20)15-8-10-24-11-9-15;;;/h1-12,25H,13-14H2,(H,26,30)(H,27,28,29);3*1H. The first-order valence-corrected chi connectivity index (χ1v) is 11.3. The molecule has 0 unspecified atom stereocenters. The molecule has 4 aromatic rings. The summed E-state index contributed by atoms with van der Waals surface area (Å²) < 4.78 is 38.8. The molecule has 2 heterocycles. The Labute approximate surface area is 199 Å². The van der Waals surface area contributed by atoms with E-state index >= 15 is 0 Å². The van der Waals surface area contributed by atoms with Crippen LogP contribution >= 0.6 is 0 Å². The van der Waals surface area contributed by atoms with Crippen LogP contribution in [0.5, 0.6) is 5.75 Å². The van der Waals surface area contributed by atoms with Crippen molar-refractivity contribution in [3.05, 3.63) is 90.0 Å². The van der Waals surface area contributed by atoms with Gasteiger partial charge in [0.1, 0.15) is 11.6 Å². The van der Waals surface area contributed by atoms with Gasteiger partial charge >= 0.3 is 10.5 Å². The number of carbonyl (C=O) groups is 1. The van der Waals surface area contributed by atoms with E-state index in [-0.39, 0.29) is 16.6 Å². The van der Waals surface area contributed by atoms with Crippen LogP contribution in [-0.4, -0.2) is 34.5 Å². The van der Waals surface area contributed by atoms with Gasteiger partial charge in [-0.2, -0.15) is 13.5 Å². The van der Waals surface area contributed by atoms with Crippen LogP contribution in [0.25, 0.3) is 11.4 Å². The van der Waals surface area contributed by atoms with Crippen molar-refractivity contribution in [2.24, 2.45) is 0 Å². The summed E-state index contributed by atoms with van der Waals surface area (Å²) in [5.74, 6) is 0.568. The summed E-state index contributed by atoms with van der Waals surface area (Å²) in [5, 5.41) is 12.9. The molecule has 0 saturated heterocycles. The first-order chi connectivity index (χ1) is 16.4. The number of halogens is 1. The summed E-state index contributed by atoms with van der Waals surface area (Å²) in [6.45, 7) is 0.295. The van der Waals surface area contributed by atoms with Crippen LogP contribution in [0.3, 0.4) is 0 Å². The van der Waals surface area contributed by atoms with Crippen molar-refractivity contribution in [2.75, 3.05) is 5.32 Å². The predicted molar refractivity (Wildman–Crippen MR) is 128 cm³/mol. The third-order valence-corrected chi connectivity index (χ3v) is 5.03. The normalized spacial score (nSPS) is 11.1. The number of anilines is 1. The number of benzene rings is 2. The van der Waals surface area contributed by atoms with Gasteiger partial charge in [0.2, 0.25) is 0 Å². The molecule has 0 atom stereocenters. The van der Waals surface area contributed by atoms with Gasteiger partial charge in [-0.1, -0.05) is 28.2 Å². The molecule has 12 heteroatoms. The highest BCUT2D eigenvalue weighted by molar-refractivity contribution is 7.81. The number of H-pyrrole nitrogens is 1. The molecule has 10 nitrogen and oxygen atoms in total. The molecule has 0 bridgehead atoms. The van der Waals surface area contributed by atoms with Gasteiger partial charge in [-0.15, -0.1) is 0 Å². The van der Waals surface area contributed by atoms with Crippen LogP contribution in [0.2, 0.25) is 0 Å². The van der Waals surface area contributed by atoms with Gasteiger partial charge < -0.3 is 14.8 Å². The van der Waals surface area contributed by atoms with E-state index in [1.54, 1.807) is 42.7 Å². The maximum atomic E-state index is 12.9. The van der Waals surface area contributed by atoms with E-state index in [2.05, 4.69) is 35.0 Å². The Hall–Kier alpha value is -4.32. The number of amides is 1. The maximum absolute atomic E-state index is 12.9. The van der Waals surface area contributed by atoms with Crippen LogP contribution < -0.4 is 14.8 Å². The van der Waals surface area contributed by atoms with Gasteiger partial charge in [-0.25, -0.2) is 4.98 Å². The first kappa shape index (κ1) is 22.9. The van der Waals surface area contributed by atoms with Gasteiger partial charge in [0.25, 0.3) is 5.91 Å². The largest absolute Gasteiger partial charge is 0.488 e. The fourth-order valence-electron chi connectivity index (χ4n) is 3.08. The number of pyridine rings is 1. The number of aromatic amines is 1. The van der Waals surface area contributed by atoms with Crippen molar-refractivity contribution in [1.82, 2.24) is 25.5 Å². The lowest BCUT2D eigenvalue weighted by Crippen LogP contribution is -2.23. The molecule has 0 fully saturated rings. The van der Waals surface area contributed by atoms with Crippen molar-refractivity contribution in [1.29, 1.82) is 0 Å². The van der Waals surface area contributed by atoms with E-state index in [4.69, 9.17) is 0 Å². The zero-order valence-corrected chi connectivity index (χ0v) is 18.4. The monoisotopic (exact) mass is 488 g/mol. The Morgan fingerprint density at radius 1 is 1.06 bits per heavy atom. The fourth-order valence-corrected chi connectivity index (χ4v) is 3.45. The molecule has 4 rings (SSSR count). The molecule has 0 saturated carbocycles. The molecule has 0 aliphatic rings. The maximum Gasteiger partial charge on any atom is 0.488 e. The average molecular weight is 489 g/mol. The number of rotatable bonds is 9. The van der Waals surface area contributed by atoms with Crippen molar-refractivity contribution in [3.8, 4) is 17.1 Å². The SMILES string of the molecule is O=C(NCc1ccccc1OS(=O)(=O)F)c1cccc(NCc2nc(-c3ccncc3)n[nH]2)c1.[HH].[HH].[HH]. The molecule has 0 aliphatic heterocycles. The van der Waals surface area contributed by atoms with Crippen molar-refractivity contribution >= 4 is 22.1 Å². The predicted octanol–water partition coefficient (Wildman–Crippen LogP) is 3.74. The van der Waals surface area contributed by atoms with Gasteiger partial charge in [-0.05, 0) is 36.4 Å². The van der Waals surface area contributed by atoms with Gasteiger partial charge in [0.05, 0.1) is 6.54 Å². The summed E-state index contributed by atoms with van der Waals surface area (Å²) in [7, 11) is -5.18. The lowest BCUT2D eigenvalue weighted by atomic mass is 10.1. The third kappa shape index (κ3) is 6.13. The minimum absolute atomic E-state index is 0. The van der Waals surface area contributed by atoms with Crippen LogP contribution in [0.1, 0.15) is 26.0 Å². The van der Waals surface area contributed by atoms with E-state index in [9.17, 15) is 17.1 Å². The highest BCUT2D eigenvalue weighted by Crippen LogP contribution is 2.20. The number of nitrogens with zero attached hydrogens (tertiary/aromatic N) is 3. The second kappa shape index (κ2) is 10.1. The molecule has 3 N–H and O–H groups in total. The second-order valence-electron chi connectivity index (χ2n) is 7.04. The molecular weight excluding hydrogens is 463 g/mol. The molecule has 34 heavy (non-hydrogen) atoms. The highest BCUT2D eigenvalue weighted by Gasteiger charge is 2.14. The fraction of sp³-hybridized carbons (Fsp3) is 0.0909. The van der Waals surface area contributed by atoms with Crippen LogP contribution in [0, 0.1) is 0 Å². The third-order valence-electron chi connectivity index (χ3n) is 4.66. The number of nitrogens with one attached hydrogen (secondary N) is 3. The van der Waals surface area contributed by atoms with Crippen molar-refractivity contribution in [3.63, 3.8) is 0 Å². The van der Waals surface area contributed by atoms with Crippen LogP contribution in [0.4, 0.5) is 9.57 Å². The average Bonchev–Trinajstić information content (AvgIpc) is 3.31. The van der Waals surface area contributed by atoms with Gasteiger partial charge in [0.15, 0.2) is 5.82 Å². The minimum atomic E-state index is -5.18. The Morgan fingerprint density at radius 2 is 1.85 bits per heavy atom. The number of para-hydroxylation sites is 1. The van der Waals surface area contributed by atoms with Crippen LogP contribution in [0.15, 0.2) is 73.1 Å². The Bertz CT molecular complexity index is 1410. The minimum Gasteiger partial charge on any atom is -0.378 e. The molecule has 0 radical (unpaired) electrons. The number of carbonyl (C=O) groups excluding carboxylic acids is 1. The van der Waals surface area contributed by atoms with E-state index in [1.807, 2.05) is 12.1 Å². The van der Waals surface area contributed by atoms with E-state index < -0.39 is 16.4 Å². The van der Waals surface area contributed by atoms with E-state index in [0.29, 0.717) is 35.0 Å².